The van der Waals surface area contributed by atoms with Crippen LogP contribution in [0.3, 0.4) is 0 Å². The van der Waals surface area contributed by atoms with Crippen molar-refractivity contribution in [1.82, 2.24) is 10.4 Å². The summed E-state index contributed by atoms with van der Waals surface area (Å²) < 4.78 is 0.567. The zero-order valence-corrected chi connectivity index (χ0v) is 17.7. The quantitative estimate of drug-likeness (QED) is 0.618. The third-order valence-corrected chi connectivity index (χ3v) is 6.49. The summed E-state index contributed by atoms with van der Waals surface area (Å²) >= 11 is 7.05. The minimum absolute atomic E-state index is 0.171. The number of fused-ring (bicyclic) bond motifs is 1. The number of aliphatic hydroxyl groups excluding tert-OH is 1. The molecular weight excluding hydrogens is 412 g/mol. The molecule has 2 aliphatic heterocycles. The number of nitrogens with one attached hydrogen (secondary N) is 2. The minimum atomic E-state index is -0.693. The van der Waals surface area contributed by atoms with Crippen molar-refractivity contribution in [2.24, 2.45) is 5.92 Å². The molecule has 156 valence electrons. The van der Waals surface area contributed by atoms with Crippen molar-refractivity contribution in [3.8, 4) is 0 Å². The number of amides is 1. The van der Waals surface area contributed by atoms with E-state index in [0.29, 0.717) is 21.7 Å². The van der Waals surface area contributed by atoms with E-state index in [9.17, 15) is 9.90 Å². The van der Waals surface area contributed by atoms with Crippen LogP contribution in [0.15, 0.2) is 36.4 Å². The van der Waals surface area contributed by atoms with Crippen LogP contribution in [0.1, 0.15) is 9.67 Å². The topological polar surface area (TPSA) is 77.1 Å². The first-order valence-corrected chi connectivity index (χ1v) is 10.9. The van der Waals surface area contributed by atoms with E-state index in [1.54, 1.807) is 12.1 Å². The highest BCUT2D eigenvalue weighted by Gasteiger charge is 2.40. The van der Waals surface area contributed by atoms with E-state index in [1.807, 2.05) is 24.2 Å². The Morgan fingerprint density at radius 3 is 2.72 bits per heavy atom. The van der Waals surface area contributed by atoms with E-state index in [0.717, 1.165) is 25.3 Å². The molecule has 2 aliphatic rings. The second kappa shape index (κ2) is 8.89. The number of thiophene rings is 1. The van der Waals surface area contributed by atoms with Crippen LogP contribution in [0.25, 0.3) is 0 Å². The molecule has 3 heterocycles. The lowest BCUT2D eigenvalue weighted by Crippen LogP contribution is -2.35. The van der Waals surface area contributed by atoms with Crippen molar-refractivity contribution in [3.63, 3.8) is 0 Å². The van der Waals surface area contributed by atoms with E-state index in [-0.39, 0.29) is 18.6 Å². The van der Waals surface area contributed by atoms with Crippen molar-refractivity contribution >= 4 is 40.2 Å². The number of nitrogens with zero attached hydrogens (tertiary/aromatic N) is 2. The summed E-state index contributed by atoms with van der Waals surface area (Å²) in [6.07, 6.45) is -0.408. The summed E-state index contributed by atoms with van der Waals surface area (Å²) in [6.45, 7) is 3.42. The molecular formula is C20H25ClN4O3S. The minimum Gasteiger partial charge on any atom is -0.389 e. The number of rotatable bonds is 7. The summed E-state index contributed by atoms with van der Waals surface area (Å²) in [5.74, 6) is 0.337. The Bertz CT molecular complexity index is 833. The molecule has 2 fully saturated rings. The zero-order valence-electron chi connectivity index (χ0n) is 16.2. The van der Waals surface area contributed by atoms with Crippen LogP contribution in [0, 0.1) is 5.92 Å². The number of anilines is 2. The predicted molar refractivity (Wildman–Crippen MR) is 116 cm³/mol. The average molecular weight is 437 g/mol. The molecule has 29 heavy (non-hydrogen) atoms. The van der Waals surface area contributed by atoms with Gasteiger partial charge in [-0.05, 0) is 36.4 Å². The molecule has 2 saturated heterocycles. The van der Waals surface area contributed by atoms with Crippen molar-refractivity contribution in [2.45, 2.75) is 12.2 Å². The van der Waals surface area contributed by atoms with E-state index in [4.69, 9.17) is 16.4 Å². The molecule has 1 amide bonds. The van der Waals surface area contributed by atoms with Crippen LogP contribution in [0.4, 0.5) is 11.4 Å². The van der Waals surface area contributed by atoms with Crippen molar-refractivity contribution in [3.05, 3.63) is 45.6 Å². The molecule has 7 nitrogen and oxygen atoms in total. The second-order valence-corrected chi connectivity index (χ2v) is 9.23. The van der Waals surface area contributed by atoms with E-state index in [2.05, 4.69) is 27.7 Å². The predicted octanol–water partition coefficient (Wildman–Crippen LogP) is 2.29. The number of hydrogen-bond donors (Lipinski definition) is 3. The Morgan fingerprint density at radius 2 is 2.03 bits per heavy atom. The third-order valence-electron chi connectivity index (χ3n) is 5.26. The lowest BCUT2D eigenvalue weighted by molar-refractivity contribution is -0.122. The molecule has 2 aromatic rings. The van der Waals surface area contributed by atoms with Crippen LogP contribution < -0.4 is 15.5 Å². The fourth-order valence-corrected chi connectivity index (χ4v) is 4.74. The lowest BCUT2D eigenvalue weighted by atomic mass is 10.1. The smallest absolute Gasteiger partial charge is 0.261 e. The first-order chi connectivity index (χ1) is 14.0. The molecule has 4 rings (SSSR count). The van der Waals surface area contributed by atoms with Gasteiger partial charge >= 0.3 is 0 Å². The second-order valence-electron chi connectivity index (χ2n) is 7.51. The Balaban J connectivity index is 1.20. The number of carbonyl (C=O) groups is 1. The van der Waals surface area contributed by atoms with Gasteiger partial charge < -0.3 is 20.6 Å². The zero-order chi connectivity index (χ0) is 20.4. The van der Waals surface area contributed by atoms with Crippen LogP contribution in [0.2, 0.25) is 4.34 Å². The van der Waals surface area contributed by atoms with Crippen LogP contribution >= 0.6 is 22.9 Å². The fraction of sp³-hybridized carbons (Fsp3) is 0.450. The molecule has 1 aromatic carbocycles. The maximum Gasteiger partial charge on any atom is 0.261 e. The monoisotopic (exact) mass is 436 g/mol. The number of benzene rings is 1. The van der Waals surface area contributed by atoms with Crippen LogP contribution in [-0.4, -0.2) is 68.1 Å². The standard InChI is InChI=1S/C20H25ClN4O3S/c1-24-10-13-11-25(12-17(13)28-24)15-4-2-14(3-5-15)22-8-16(26)9-23-20(27)18-6-7-19(21)29-18/h2-7,13,16-17,22,26H,8-12H2,1H3,(H,23,27). The van der Waals surface area contributed by atoms with Gasteiger partial charge in [-0.25, -0.2) is 0 Å². The first kappa shape index (κ1) is 20.4. The van der Waals surface area contributed by atoms with Gasteiger partial charge in [-0.15, -0.1) is 11.3 Å². The van der Waals surface area contributed by atoms with Crippen LogP contribution in [0.5, 0.6) is 0 Å². The summed E-state index contributed by atoms with van der Waals surface area (Å²) in [5.41, 5.74) is 2.11. The first-order valence-electron chi connectivity index (χ1n) is 9.66. The number of hydroxylamine groups is 2. The molecule has 1 aromatic heterocycles. The van der Waals surface area contributed by atoms with Crippen LogP contribution in [-0.2, 0) is 4.84 Å². The number of aliphatic hydroxyl groups is 1. The highest BCUT2D eigenvalue weighted by Crippen LogP contribution is 2.31. The molecule has 3 atom stereocenters. The molecule has 0 radical (unpaired) electrons. The van der Waals surface area contributed by atoms with Gasteiger partial charge in [0.1, 0.15) is 6.10 Å². The third kappa shape index (κ3) is 5.02. The molecule has 3 unspecified atom stereocenters. The molecule has 0 spiro atoms. The number of halogens is 1. The average Bonchev–Trinajstić information content (AvgIpc) is 3.39. The number of carbonyl (C=O) groups excluding carboxylic acids is 1. The van der Waals surface area contributed by atoms with Crippen molar-refractivity contribution in [2.75, 3.05) is 50.0 Å². The Labute approximate surface area is 179 Å². The summed E-state index contributed by atoms with van der Waals surface area (Å²) in [7, 11) is 1.99. The lowest BCUT2D eigenvalue weighted by Gasteiger charge is -2.21. The van der Waals surface area contributed by atoms with Gasteiger partial charge in [0.15, 0.2) is 0 Å². The Morgan fingerprint density at radius 1 is 1.24 bits per heavy atom. The van der Waals surface area contributed by atoms with Gasteiger partial charge in [0, 0.05) is 57.1 Å². The fourth-order valence-electron chi connectivity index (χ4n) is 3.78. The summed E-state index contributed by atoms with van der Waals surface area (Å²) in [5, 5.41) is 18.0. The number of hydrogen-bond acceptors (Lipinski definition) is 7. The Hall–Kier alpha value is -1.84. The van der Waals surface area contributed by atoms with E-state index in [1.165, 1.54) is 17.0 Å². The van der Waals surface area contributed by atoms with Gasteiger partial charge in [-0.1, -0.05) is 11.6 Å². The maximum atomic E-state index is 12.0. The van der Waals surface area contributed by atoms with Gasteiger partial charge in [0.05, 0.1) is 15.3 Å². The maximum absolute atomic E-state index is 12.0. The molecule has 9 heteroatoms. The van der Waals surface area contributed by atoms with Crippen molar-refractivity contribution < 1.29 is 14.7 Å². The van der Waals surface area contributed by atoms with E-state index < -0.39 is 6.10 Å². The van der Waals surface area contributed by atoms with E-state index >= 15 is 0 Å². The summed E-state index contributed by atoms with van der Waals surface area (Å²) in [6, 6.07) is 11.5. The van der Waals surface area contributed by atoms with Gasteiger partial charge in [-0.2, -0.15) is 5.06 Å². The van der Waals surface area contributed by atoms with Gasteiger partial charge in [0.25, 0.3) is 5.91 Å². The van der Waals surface area contributed by atoms with Gasteiger partial charge in [-0.3, -0.25) is 9.63 Å². The normalized spacial score (nSPS) is 22.5. The molecule has 3 N–H and O–H groups in total. The molecule has 0 saturated carbocycles. The molecule has 0 bridgehead atoms. The highest BCUT2D eigenvalue weighted by molar-refractivity contribution is 7.17. The Kier molecular flexibility index (Phi) is 6.26. The SMILES string of the molecule is CN1CC2CN(c3ccc(NCC(O)CNC(=O)c4ccc(Cl)s4)cc3)CC2O1. The largest absolute Gasteiger partial charge is 0.389 e. The summed E-state index contributed by atoms with van der Waals surface area (Å²) in [4.78, 5) is 20.7. The van der Waals surface area contributed by atoms with Gasteiger partial charge in [0.2, 0.25) is 0 Å². The highest BCUT2D eigenvalue weighted by atomic mass is 35.5. The molecule has 0 aliphatic carbocycles. The van der Waals surface area contributed by atoms with Crippen molar-refractivity contribution in [1.29, 1.82) is 0 Å².